The van der Waals surface area contributed by atoms with Crippen LogP contribution in [0.3, 0.4) is 0 Å². The van der Waals surface area contributed by atoms with Crippen molar-refractivity contribution in [2.45, 2.75) is 29.7 Å². The summed E-state index contributed by atoms with van der Waals surface area (Å²) in [7, 11) is -3.60. The van der Waals surface area contributed by atoms with Gasteiger partial charge in [-0.05, 0) is 23.6 Å². The lowest BCUT2D eigenvalue weighted by atomic mass is 10.1. The van der Waals surface area contributed by atoms with Crippen molar-refractivity contribution in [1.29, 1.82) is 0 Å². The fourth-order valence-corrected chi connectivity index (χ4v) is 4.28. The second kappa shape index (κ2) is 7.73. The lowest BCUT2D eigenvalue weighted by molar-refractivity contribution is 0.0443. The quantitative estimate of drug-likeness (QED) is 0.677. The number of aliphatic hydroxyl groups is 1. The van der Waals surface area contributed by atoms with Crippen LogP contribution in [-0.2, 0) is 21.3 Å². The molecule has 0 unspecified atom stereocenters. The summed E-state index contributed by atoms with van der Waals surface area (Å²) in [5, 5.41) is 15.6. The Morgan fingerprint density at radius 3 is 2.71 bits per heavy atom. The van der Waals surface area contributed by atoms with E-state index in [2.05, 4.69) is 10.0 Å². The standard InChI is InChI=1S/C16H20N2O4S2/c19-16-14(17-9-12-5-4-8-23-12)11-22-15(16)10-18-24(20,21)13-6-2-1-3-7-13/h1-8,14-19H,9-11H2/t14-,15-,16+/m1/s1. The first-order chi connectivity index (χ1) is 11.6. The molecule has 3 rings (SSSR count). The number of hydrogen-bond acceptors (Lipinski definition) is 6. The fourth-order valence-electron chi connectivity index (χ4n) is 2.56. The van der Waals surface area contributed by atoms with Crippen molar-refractivity contribution >= 4 is 21.4 Å². The number of hydrogen-bond donors (Lipinski definition) is 3. The lowest BCUT2D eigenvalue weighted by Crippen LogP contribution is -2.44. The Balaban J connectivity index is 1.51. The summed E-state index contributed by atoms with van der Waals surface area (Å²) in [5.74, 6) is 0. The molecular formula is C16H20N2O4S2. The third kappa shape index (κ3) is 4.21. The molecule has 1 fully saturated rings. The third-order valence-corrected chi connectivity index (χ3v) is 6.25. The molecule has 1 aliphatic rings. The minimum atomic E-state index is -3.60. The maximum Gasteiger partial charge on any atom is 0.240 e. The van der Waals surface area contributed by atoms with Crippen molar-refractivity contribution < 1.29 is 18.3 Å². The largest absolute Gasteiger partial charge is 0.389 e. The smallest absolute Gasteiger partial charge is 0.240 e. The normalized spacial score (nSPS) is 24.3. The maximum atomic E-state index is 12.2. The summed E-state index contributed by atoms with van der Waals surface area (Å²) in [5.41, 5.74) is 0. The molecule has 1 saturated heterocycles. The van der Waals surface area contributed by atoms with E-state index in [1.54, 1.807) is 29.5 Å². The molecule has 3 N–H and O–H groups in total. The van der Waals surface area contributed by atoms with Crippen LogP contribution in [0.1, 0.15) is 4.88 Å². The summed E-state index contributed by atoms with van der Waals surface area (Å²) in [6.07, 6.45) is -1.33. The van der Waals surface area contributed by atoms with Crippen LogP contribution in [0.15, 0.2) is 52.7 Å². The minimum Gasteiger partial charge on any atom is -0.389 e. The van der Waals surface area contributed by atoms with E-state index in [1.807, 2.05) is 17.5 Å². The zero-order valence-corrected chi connectivity index (χ0v) is 14.6. The van der Waals surface area contributed by atoms with Gasteiger partial charge in [0.25, 0.3) is 0 Å². The van der Waals surface area contributed by atoms with Crippen LogP contribution in [0.5, 0.6) is 0 Å². The summed E-state index contributed by atoms with van der Waals surface area (Å²) in [6, 6.07) is 11.9. The van der Waals surface area contributed by atoms with Gasteiger partial charge < -0.3 is 15.2 Å². The molecule has 2 heterocycles. The Bertz CT molecular complexity index is 735. The zero-order valence-electron chi connectivity index (χ0n) is 13.0. The first-order valence-corrected chi connectivity index (χ1v) is 10.0. The van der Waals surface area contributed by atoms with E-state index in [9.17, 15) is 13.5 Å². The minimum absolute atomic E-state index is 0.0373. The van der Waals surface area contributed by atoms with E-state index >= 15 is 0 Å². The number of ether oxygens (including phenoxy) is 1. The van der Waals surface area contributed by atoms with Crippen molar-refractivity contribution in [3.05, 3.63) is 52.7 Å². The van der Waals surface area contributed by atoms with Gasteiger partial charge in [-0.3, -0.25) is 0 Å². The van der Waals surface area contributed by atoms with Crippen molar-refractivity contribution in [1.82, 2.24) is 10.0 Å². The molecule has 8 heteroatoms. The Morgan fingerprint density at radius 1 is 1.21 bits per heavy atom. The van der Waals surface area contributed by atoms with Gasteiger partial charge in [-0.1, -0.05) is 24.3 Å². The summed E-state index contributed by atoms with van der Waals surface area (Å²) >= 11 is 1.64. The number of sulfonamides is 1. The monoisotopic (exact) mass is 368 g/mol. The van der Waals surface area contributed by atoms with Gasteiger partial charge >= 0.3 is 0 Å². The molecule has 1 aromatic heterocycles. The van der Waals surface area contributed by atoms with Gasteiger partial charge in [0, 0.05) is 18.0 Å². The highest BCUT2D eigenvalue weighted by Gasteiger charge is 2.36. The van der Waals surface area contributed by atoms with Crippen LogP contribution in [0.2, 0.25) is 0 Å². The molecule has 2 aromatic rings. The molecule has 24 heavy (non-hydrogen) atoms. The Kier molecular flexibility index (Phi) is 5.65. The van der Waals surface area contributed by atoms with Crippen LogP contribution in [-0.4, -0.2) is 44.9 Å². The topological polar surface area (TPSA) is 87.7 Å². The van der Waals surface area contributed by atoms with Gasteiger partial charge in [0.2, 0.25) is 10.0 Å². The fraction of sp³-hybridized carbons (Fsp3) is 0.375. The first kappa shape index (κ1) is 17.5. The number of thiophene rings is 1. The summed E-state index contributed by atoms with van der Waals surface area (Å²) in [6.45, 7) is 1.05. The van der Waals surface area contributed by atoms with E-state index in [0.29, 0.717) is 13.2 Å². The van der Waals surface area contributed by atoms with E-state index in [4.69, 9.17) is 4.74 Å². The average Bonchev–Trinajstić information content (AvgIpc) is 3.22. The van der Waals surface area contributed by atoms with Crippen molar-refractivity contribution in [2.75, 3.05) is 13.2 Å². The first-order valence-electron chi connectivity index (χ1n) is 7.66. The molecule has 1 aromatic carbocycles. The van der Waals surface area contributed by atoms with E-state index in [-0.39, 0.29) is 17.5 Å². The molecule has 0 spiro atoms. The summed E-state index contributed by atoms with van der Waals surface area (Å²) in [4.78, 5) is 1.38. The molecule has 0 aliphatic carbocycles. The predicted octanol–water partition coefficient (Wildman–Crippen LogP) is 0.944. The second-order valence-corrected chi connectivity index (χ2v) is 8.39. The maximum absolute atomic E-state index is 12.2. The Hall–Kier alpha value is -1.29. The van der Waals surface area contributed by atoms with E-state index in [0.717, 1.165) is 0 Å². The van der Waals surface area contributed by atoms with Gasteiger partial charge in [0.05, 0.1) is 29.8 Å². The number of benzene rings is 1. The Morgan fingerprint density at radius 2 is 2.00 bits per heavy atom. The van der Waals surface area contributed by atoms with Crippen LogP contribution < -0.4 is 10.0 Å². The summed E-state index contributed by atoms with van der Waals surface area (Å²) < 4.78 is 32.4. The molecule has 3 atom stereocenters. The zero-order chi connectivity index (χ0) is 17.0. The number of aliphatic hydroxyl groups excluding tert-OH is 1. The van der Waals surface area contributed by atoms with Gasteiger partial charge in [-0.15, -0.1) is 11.3 Å². The number of rotatable bonds is 7. The molecule has 0 saturated carbocycles. The molecule has 0 radical (unpaired) electrons. The van der Waals surface area contributed by atoms with Crippen molar-refractivity contribution in [3.63, 3.8) is 0 Å². The van der Waals surface area contributed by atoms with Crippen molar-refractivity contribution in [2.24, 2.45) is 0 Å². The SMILES string of the molecule is O=S(=O)(NC[C@H]1OC[C@@H](NCc2cccs2)[C@@H]1O)c1ccccc1. The highest BCUT2D eigenvalue weighted by molar-refractivity contribution is 7.89. The Labute approximate surface area is 145 Å². The molecule has 1 aliphatic heterocycles. The highest BCUT2D eigenvalue weighted by atomic mass is 32.2. The van der Waals surface area contributed by atoms with Gasteiger partial charge in [0.15, 0.2) is 0 Å². The molecule has 0 amide bonds. The van der Waals surface area contributed by atoms with Gasteiger partial charge in [0.1, 0.15) is 0 Å². The molecule has 6 nitrogen and oxygen atoms in total. The van der Waals surface area contributed by atoms with Crippen LogP contribution in [0.25, 0.3) is 0 Å². The third-order valence-electron chi connectivity index (χ3n) is 3.93. The highest BCUT2D eigenvalue weighted by Crippen LogP contribution is 2.17. The molecule has 130 valence electrons. The van der Waals surface area contributed by atoms with Gasteiger partial charge in [-0.25, -0.2) is 13.1 Å². The molecular weight excluding hydrogens is 348 g/mol. The van der Waals surface area contributed by atoms with Crippen LogP contribution >= 0.6 is 11.3 Å². The van der Waals surface area contributed by atoms with Crippen molar-refractivity contribution in [3.8, 4) is 0 Å². The predicted molar refractivity (Wildman–Crippen MR) is 92.3 cm³/mol. The van der Waals surface area contributed by atoms with Gasteiger partial charge in [-0.2, -0.15) is 0 Å². The number of nitrogens with one attached hydrogen (secondary N) is 2. The van der Waals surface area contributed by atoms with E-state index in [1.165, 1.54) is 17.0 Å². The second-order valence-electron chi connectivity index (χ2n) is 5.59. The van der Waals surface area contributed by atoms with Crippen LogP contribution in [0.4, 0.5) is 0 Å². The van der Waals surface area contributed by atoms with E-state index < -0.39 is 22.2 Å². The molecule has 0 bridgehead atoms. The average molecular weight is 368 g/mol. The van der Waals surface area contributed by atoms with Crippen LogP contribution in [0, 0.1) is 0 Å². The lowest BCUT2D eigenvalue weighted by Gasteiger charge is -2.18.